The number of nitrogens with one attached hydrogen (secondary N) is 2. The number of nitrogens with two attached hydrogens (primary N) is 3. The van der Waals surface area contributed by atoms with Crippen LogP contribution in [0.5, 0.6) is 5.75 Å². The Hall–Kier alpha value is -4.38. The molecule has 3 aromatic heterocycles. The first-order valence-electron chi connectivity index (χ1n) is 9.07. The number of nitrogen functional groups attached to an aromatic ring is 2. The van der Waals surface area contributed by atoms with Gasteiger partial charge in [0.15, 0.2) is 11.6 Å². The van der Waals surface area contributed by atoms with Gasteiger partial charge >= 0.3 is 0 Å². The van der Waals surface area contributed by atoms with Gasteiger partial charge in [-0.05, 0) is 42.5 Å². The molecule has 0 aliphatic carbocycles. The maximum Gasteiger partial charge on any atom is 0.162 e. The number of aromatic amines is 1. The van der Waals surface area contributed by atoms with Crippen molar-refractivity contribution in [2.24, 2.45) is 5.73 Å². The van der Waals surface area contributed by atoms with Crippen LogP contribution in [0.1, 0.15) is 0 Å². The quantitative estimate of drug-likeness (QED) is 0.275. The molecule has 0 spiro atoms. The lowest BCUT2D eigenvalue weighted by molar-refractivity contribution is 0.329. The van der Waals surface area contributed by atoms with E-state index in [9.17, 15) is 0 Å². The van der Waals surface area contributed by atoms with E-state index in [-0.39, 0.29) is 12.5 Å². The molecule has 5 rings (SSSR count). The van der Waals surface area contributed by atoms with Crippen LogP contribution in [0.3, 0.4) is 0 Å². The van der Waals surface area contributed by atoms with Crippen LogP contribution in [0, 0.1) is 0 Å². The number of fused-ring (bicyclic) bond motifs is 2. The molecule has 11 heteroatoms. The normalized spacial score (nSPS) is 11.2. The number of rotatable bonds is 5. The maximum atomic E-state index is 6.41. The molecular weight excluding hydrogens is 384 g/mol. The summed E-state index contributed by atoms with van der Waals surface area (Å²) in [4.78, 5) is 0. The van der Waals surface area contributed by atoms with Gasteiger partial charge in [0.25, 0.3) is 0 Å². The number of aromatic nitrogens is 6. The molecule has 0 radical (unpaired) electrons. The highest BCUT2D eigenvalue weighted by Crippen LogP contribution is 2.35. The van der Waals surface area contributed by atoms with Crippen molar-refractivity contribution < 1.29 is 4.74 Å². The van der Waals surface area contributed by atoms with E-state index in [1.54, 1.807) is 0 Å². The first-order valence-corrected chi connectivity index (χ1v) is 9.07. The zero-order chi connectivity index (χ0) is 20.7. The van der Waals surface area contributed by atoms with Crippen LogP contribution in [0.2, 0.25) is 0 Å². The van der Waals surface area contributed by atoms with Crippen LogP contribution in [0.25, 0.3) is 27.5 Å². The Labute approximate surface area is 169 Å². The lowest BCUT2D eigenvalue weighted by Gasteiger charge is -2.08. The molecule has 0 saturated heterocycles. The first-order chi connectivity index (χ1) is 14.6. The monoisotopic (exact) mass is 402 g/mol. The Morgan fingerprint density at radius 3 is 2.60 bits per heavy atom. The second kappa shape index (κ2) is 6.90. The van der Waals surface area contributed by atoms with E-state index in [0.717, 1.165) is 27.8 Å². The van der Waals surface area contributed by atoms with Crippen LogP contribution >= 0.6 is 0 Å². The predicted octanol–water partition coefficient (Wildman–Crippen LogP) is 1.89. The number of H-pyrrole nitrogens is 1. The Bertz CT molecular complexity index is 1360. The molecular formula is C19H18N10O. The van der Waals surface area contributed by atoms with E-state index in [1.807, 2.05) is 53.2 Å². The number of ether oxygens (including phenoxy) is 1. The molecule has 30 heavy (non-hydrogen) atoms. The summed E-state index contributed by atoms with van der Waals surface area (Å²) in [7, 11) is 0. The van der Waals surface area contributed by atoms with Crippen LogP contribution in [0.15, 0.2) is 48.7 Å². The third kappa shape index (κ3) is 2.89. The van der Waals surface area contributed by atoms with Crippen LogP contribution in [-0.2, 0) is 0 Å². The predicted molar refractivity (Wildman–Crippen MR) is 115 cm³/mol. The largest absolute Gasteiger partial charge is 0.479 e. The summed E-state index contributed by atoms with van der Waals surface area (Å²) in [6.45, 7) is 0.109. The maximum absolute atomic E-state index is 6.41. The van der Waals surface area contributed by atoms with E-state index in [4.69, 9.17) is 21.9 Å². The first kappa shape index (κ1) is 17.7. The third-order valence-corrected chi connectivity index (χ3v) is 4.76. The van der Waals surface area contributed by atoms with Crippen LogP contribution < -0.4 is 27.3 Å². The molecule has 150 valence electrons. The highest BCUT2D eigenvalue weighted by atomic mass is 16.5. The van der Waals surface area contributed by atoms with Gasteiger partial charge in [0.05, 0.1) is 10.8 Å². The van der Waals surface area contributed by atoms with E-state index in [1.165, 1.54) is 0 Å². The minimum atomic E-state index is 0.109. The van der Waals surface area contributed by atoms with Crippen molar-refractivity contribution >= 4 is 44.9 Å². The Morgan fingerprint density at radius 2 is 1.80 bits per heavy atom. The summed E-state index contributed by atoms with van der Waals surface area (Å²) in [5, 5.41) is 23.7. The zero-order valence-corrected chi connectivity index (χ0v) is 15.7. The Balaban J connectivity index is 1.58. The molecule has 0 fully saturated rings. The van der Waals surface area contributed by atoms with Crippen molar-refractivity contribution in [2.45, 2.75) is 0 Å². The second-order valence-corrected chi connectivity index (χ2v) is 6.56. The van der Waals surface area contributed by atoms with Crippen LogP contribution in [0.4, 0.5) is 23.1 Å². The minimum absolute atomic E-state index is 0.109. The van der Waals surface area contributed by atoms with Gasteiger partial charge in [-0.3, -0.25) is 5.73 Å². The van der Waals surface area contributed by atoms with Crippen molar-refractivity contribution in [3.05, 3.63) is 48.7 Å². The summed E-state index contributed by atoms with van der Waals surface area (Å²) in [5.74, 6) is 1.90. The number of hydrogen-bond donors (Lipinski definition) is 5. The fourth-order valence-corrected chi connectivity index (χ4v) is 3.34. The van der Waals surface area contributed by atoms with E-state index >= 15 is 0 Å². The fourth-order valence-electron chi connectivity index (χ4n) is 3.34. The molecule has 0 bridgehead atoms. The van der Waals surface area contributed by atoms with Gasteiger partial charge in [0.1, 0.15) is 29.3 Å². The third-order valence-electron chi connectivity index (χ3n) is 4.76. The number of anilines is 4. The van der Waals surface area contributed by atoms with Crippen molar-refractivity contribution in [3.63, 3.8) is 0 Å². The SMILES string of the molecule is NCOc1ccc(-n2cc3c(Nc4ccc5n[nH]nc5c4)nnc(N)c3c2N)cc1. The number of hydrogen-bond acceptors (Lipinski definition) is 9. The lowest BCUT2D eigenvalue weighted by atomic mass is 10.2. The smallest absolute Gasteiger partial charge is 0.162 e. The number of nitrogens with zero attached hydrogens (tertiary/aromatic N) is 5. The zero-order valence-electron chi connectivity index (χ0n) is 15.7. The fraction of sp³-hybridized carbons (Fsp3) is 0.0526. The van der Waals surface area contributed by atoms with E-state index < -0.39 is 0 Å². The number of benzene rings is 2. The van der Waals surface area contributed by atoms with Crippen molar-refractivity contribution in [1.29, 1.82) is 0 Å². The van der Waals surface area contributed by atoms with Gasteiger partial charge in [0.2, 0.25) is 0 Å². The van der Waals surface area contributed by atoms with Gasteiger partial charge in [-0.15, -0.1) is 10.2 Å². The summed E-state index contributed by atoms with van der Waals surface area (Å²) < 4.78 is 7.11. The molecule has 0 unspecified atom stereocenters. The Kier molecular flexibility index (Phi) is 4.07. The van der Waals surface area contributed by atoms with Gasteiger partial charge < -0.3 is 26.1 Å². The lowest BCUT2D eigenvalue weighted by Crippen LogP contribution is -2.07. The van der Waals surface area contributed by atoms with Gasteiger partial charge in [-0.2, -0.15) is 15.4 Å². The van der Waals surface area contributed by atoms with Crippen LogP contribution in [-0.4, -0.2) is 36.9 Å². The van der Waals surface area contributed by atoms with Gasteiger partial charge in [0, 0.05) is 17.6 Å². The molecule has 3 heterocycles. The highest BCUT2D eigenvalue weighted by Gasteiger charge is 2.17. The summed E-state index contributed by atoms with van der Waals surface area (Å²) >= 11 is 0. The highest BCUT2D eigenvalue weighted by molar-refractivity contribution is 6.06. The summed E-state index contributed by atoms with van der Waals surface area (Å²) in [6.07, 6.45) is 1.87. The summed E-state index contributed by atoms with van der Waals surface area (Å²) in [5.41, 5.74) is 21.0. The average molecular weight is 402 g/mol. The average Bonchev–Trinajstić information content (AvgIpc) is 3.36. The van der Waals surface area contributed by atoms with Gasteiger partial charge in [-0.25, -0.2) is 0 Å². The molecule has 0 aliphatic heterocycles. The Morgan fingerprint density at radius 1 is 1.00 bits per heavy atom. The summed E-state index contributed by atoms with van der Waals surface area (Å²) in [6, 6.07) is 13.0. The topological polar surface area (TPSA) is 172 Å². The van der Waals surface area contributed by atoms with Crippen molar-refractivity contribution in [2.75, 3.05) is 23.5 Å². The minimum Gasteiger partial charge on any atom is -0.479 e. The molecule has 2 aromatic carbocycles. The molecule has 0 aliphatic rings. The standard InChI is InChI=1S/C19H18N10O/c20-9-30-12-4-2-11(3-5-12)29-8-13-16(18(29)22)17(21)26-27-19(13)23-10-1-6-14-15(7-10)25-28-24-14/h1-8H,9,20,22H2,(H2,21,26)(H,23,27)(H,24,25,28). The van der Waals surface area contributed by atoms with E-state index in [2.05, 4.69) is 30.9 Å². The van der Waals surface area contributed by atoms with Crippen molar-refractivity contribution in [1.82, 2.24) is 30.2 Å². The molecule has 0 saturated carbocycles. The second-order valence-electron chi connectivity index (χ2n) is 6.56. The molecule has 0 atom stereocenters. The van der Waals surface area contributed by atoms with Crippen molar-refractivity contribution in [3.8, 4) is 11.4 Å². The van der Waals surface area contributed by atoms with Gasteiger partial charge in [-0.1, -0.05) is 0 Å². The molecule has 5 aromatic rings. The molecule has 8 N–H and O–H groups in total. The molecule has 11 nitrogen and oxygen atoms in total. The van der Waals surface area contributed by atoms with E-state index in [0.29, 0.717) is 22.8 Å². The molecule has 0 amide bonds.